The number of amides is 1. The summed E-state index contributed by atoms with van der Waals surface area (Å²) in [6, 6.07) is 8.25. The van der Waals surface area contributed by atoms with Crippen LogP contribution in [0.4, 0.5) is 4.79 Å². The maximum Gasteiger partial charge on any atom is 0.417 e. The number of ether oxygens (including phenoxy) is 2. The lowest BCUT2D eigenvalue weighted by molar-refractivity contribution is 0.0524. The second-order valence-electron chi connectivity index (χ2n) is 5.79. The Kier molecular flexibility index (Phi) is 4.55. The highest BCUT2D eigenvalue weighted by Gasteiger charge is 2.23. The average Bonchev–Trinajstić information content (AvgIpc) is 2.61. The van der Waals surface area contributed by atoms with Crippen molar-refractivity contribution in [1.82, 2.24) is 4.90 Å². The molecule has 0 unspecified atom stereocenters. The molecule has 0 radical (unpaired) electrons. The van der Waals surface area contributed by atoms with Crippen molar-refractivity contribution >= 4 is 22.8 Å². The summed E-state index contributed by atoms with van der Waals surface area (Å²) in [4.78, 5) is 25.8. The first-order chi connectivity index (χ1) is 11.6. The third-order valence-corrected chi connectivity index (χ3v) is 4.18. The first-order valence-electron chi connectivity index (χ1n) is 7.90. The van der Waals surface area contributed by atoms with Crippen LogP contribution in [-0.2, 0) is 4.74 Å². The molecule has 0 atom stereocenters. The zero-order valence-corrected chi connectivity index (χ0v) is 13.4. The molecule has 0 aromatic heterocycles. The smallest absolute Gasteiger partial charge is 0.417 e. The number of aromatic hydroxyl groups is 1. The lowest BCUT2D eigenvalue weighted by atomic mass is 10.1. The van der Waals surface area contributed by atoms with Gasteiger partial charge in [0.25, 0.3) is 0 Å². The van der Waals surface area contributed by atoms with Gasteiger partial charge in [0.15, 0.2) is 0 Å². The van der Waals surface area contributed by atoms with E-state index in [9.17, 15) is 14.7 Å². The Morgan fingerprint density at radius 1 is 1.04 bits per heavy atom. The van der Waals surface area contributed by atoms with Gasteiger partial charge in [0.1, 0.15) is 17.1 Å². The SMILES string of the molecule is COc1ccc2cc(C(=O)OC(=O)N3CCCCC3)c(O)cc2c1. The summed E-state index contributed by atoms with van der Waals surface area (Å²) in [6.07, 6.45) is 2.24. The van der Waals surface area contributed by atoms with E-state index < -0.39 is 12.1 Å². The zero-order chi connectivity index (χ0) is 17.1. The number of benzene rings is 2. The average molecular weight is 329 g/mol. The van der Waals surface area contributed by atoms with Gasteiger partial charge in [-0.05, 0) is 54.3 Å². The number of likely N-dealkylation sites (tertiary alicyclic amines) is 1. The summed E-state index contributed by atoms with van der Waals surface area (Å²) in [6.45, 7) is 1.19. The normalized spacial score (nSPS) is 14.5. The topological polar surface area (TPSA) is 76.1 Å². The number of fused-ring (bicyclic) bond motifs is 1. The number of esters is 1. The molecule has 0 bridgehead atoms. The van der Waals surface area contributed by atoms with Crippen molar-refractivity contribution in [3.05, 3.63) is 35.9 Å². The van der Waals surface area contributed by atoms with Gasteiger partial charge in [-0.25, -0.2) is 9.59 Å². The molecule has 1 fully saturated rings. The Hall–Kier alpha value is -2.76. The molecule has 2 aromatic carbocycles. The fourth-order valence-electron chi connectivity index (χ4n) is 2.83. The van der Waals surface area contributed by atoms with E-state index in [0.29, 0.717) is 18.8 Å². The molecule has 1 aliphatic rings. The number of hydrogen-bond donors (Lipinski definition) is 1. The van der Waals surface area contributed by atoms with Gasteiger partial charge >= 0.3 is 12.1 Å². The molecule has 2 aromatic rings. The van der Waals surface area contributed by atoms with Gasteiger partial charge in [-0.2, -0.15) is 0 Å². The van der Waals surface area contributed by atoms with Crippen molar-refractivity contribution in [2.24, 2.45) is 0 Å². The van der Waals surface area contributed by atoms with Crippen molar-refractivity contribution in [3.8, 4) is 11.5 Å². The summed E-state index contributed by atoms with van der Waals surface area (Å²) in [5, 5.41) is 11.6. The van der Waals surface area contributed by atoms with E-state index in [1.54, 1.807) is 25.3 Å². The maximum absolute atomic E-state index is 12.2. The third kappa shape index (κ3) is 3.27. The molecule has 3 rings (SSSR count). The van der Waals surface area contributed by atoms with Crippen LogP contribution in [0.1, 0.15) is 29.6 Å². The van der Waals surface area contributed by atoms with E-state index in [4.69, 9.17) is 9.47 Å². The Labute approximate surface area is 139 Å². The first kappa shape index (κ1) is 16.1. The van der Waals surface area contributed by atoms with Crippen molar-refractivity contribution in [2.45, 2.75) is 19.3 Å². The molecule has 24 heavy (non-hydrogen) atoms. The lowest BCUT2D eigenvalue weighted by Gasteiger charge is -2.25. The van der Waals surface area contributed by atoms with Crippen molar-refractivity contribution in [2.75, 3.05) is 20.2 Å². The van der Waals surface area contributed by atoms with Crippen molar-refractivity contribution in [1.29, 1.82) is 0 Å². The van der Waals surface area contributed by atoms with Crippen LogP contribution in [0.15, 0.2) is 30.3 Å². The highest BCUT2D eigenvalue weighted by atomic mass is 16.6. The number of piperidine rings is 1. The van der Waals surface area contributed by atoms with Crippen LogP contribution in [0.5, 0.6) is 11.5 Å². The molecule has 1 saturated heterocycles. The van der Waals surface area contributed by atoms with E-state index in [1.807, 2.05) is 0 Å². The molecule has 0 aliphatic carbocycles. The standard InChI is InChI=1S/C18H19NO5/c1-23-14-6-5-12-10-15(16(20)11-13(12)9-14)17(21)24-18(22)19-7-3-2-4-8-19/h5-6,9-11,20H,2-4,7-8H2,1H3. The fourth-order valence-corrected chi connectivity index (χ4v) is 2.83. The van der Waals surface area contributed by atoms with Crippen LogP contribution in [0.2, 0.25) is 0 Å². The first-order valence-corrected chi connectivity index (χ1v) is 7.90. The fraction of sp³-hybridized carbons (Fsp3) is 0.333. The highest BCUT2D eigenvalue weighted by molar-refractivity contribution is 6.02. The highest BCUT2D eigenvalue weighted by Crippen LogP contribution is 2.28. The van der Waals surface area contributed by atoms with Crippen LogP contribution < -0.4 is 4.74 Å². The van der Waals surface area contributed by atoms with Crippen molar-refractivity contribution < 1.29 is 24.2 Å². The van der Waals surface area contributed by atoms with E-state index in [1.165, 1.54) is 17.0 Å². The Morgan fingerprint density at radius 2 is 1.79 bits per heavy atom. The number of methoxy groups -OCH3 is 1. The second-order valence-corrected chi connectivity index (χ2v) is 5.79. The summed E-state index contributed by atoms with van der Waals surface area (Å²) in [7, 11) is 1.55. The Bertz CT molecular complexity index is 780. The Morgan fingerprint density at radius 3 is 2.50 bits per heavy atom. The summed E-state index contributed by atoms with van der Waals surface area (Å²) >= 11 is 0. The molecule has 1 aliphatic heterocycles. The predicted molar refractivity (Wildman–Crippen MR) is 88.4 cm³/mol. The predicted octanol–water partition coefficient (Wildman–Crippen LogP) is 3.32. The Balaban J connectivity index is 1.81. The monoisotopic (exact) mass is 329 g/mol. The third-order valence-electron chi connectivity index (χ3n) is 4.18. The number of hydrogen-bond acceptors (Lipinski definition) is 5. The van der Waals surface area contributed by atoms with Gasteiger partial charge in [-0.1, -0.05) is 6.07 Å². The van der Waals surface area contributed by atoms with Gasteiger partial charge in [0.2, 0.25) is 0 Å². The molecule has 126 valence electrons. The summed E-state index contributed by atoms with van der Waals surface area (Å²) in [5.41, 5.74) is -0.0296. The minimum absolute atomic E-state index is 0.0296. The molecule has 1 heterocycles. The van der Waals surface area contributed by atoms with E-state index in [0.717, 1.165) is 30.0 Å². The van der Waals surface area contributed by atoms with Crippen LogP contribution in [0.25, 0.3) is 10.8 Å². The van der Waals surface area contributed by atoms with Crippen LogP contribution in [0, 0.1) is 0 Å². The van der Waals surface area contributed by atoms with Crippen LogP contribution >= 0.6 is 0 Å². The molecule has 6 heteroatoms. The van der Waals surface area contributed by atoms with Gasteiger partial charge in [0, 0.05) is 13.1 Å². The van der Waals surface area contributed by atoms with E-state index in [2.05, 4.69) is 0 Å². The minimum atomic E-state index is -0.846. The van der Waals surface area contributed by atoms with Gasteiger partial charge < -0.3 is 19.5 Å². The van der Waals surface area contributed by atoms with Crippen LogP contribution in [-0.4, -0.2) is 42.3 Å². The number of carbonyl (C=O) groups is 2. The largest absolute Gasteiger partial charge is 0.507 e. The quantitative estimate of drug-likeness (QED) is 0.676. The van der Waals surface area contributed by atoms with Gasteiger partial charge in [-0.3, -0.25) is 0 Å². The zero-order valence-electron chi connectivity index (χ0n) is 13.4. The molecular weight excluding hydrogens is 310 g/mol. The van der Waals surface area contributed by atoms with Crippen LogP contribution in [0.3, 0.4) is 0 Å². The maximum atomic E-state index is 12.2. The van der Waals surface area contributed by atoms with E-state index in [-0.39, 0.29) is 11.3 Å². The number of phenolic OH excluding ortho intramolecular Hbond substituents is 1. The molecular formula is C18H19NO5. The van der Waals surface area contributed by atoms with E-state index >= 15 is 0 Å². The summed E-state index contributed by atoms with van der Waals surface area (Å²) in [5.74, 6) is -0.425. The molecule has 0 spiro atoms. The molecule has 6 nitrogen and oxygen atoms in total. The number of rotatable bonds is 2. The number of phenols is 1. The lowest BCUT2D eigenvalue weighted by Crippen LogP contribution is -2.37. The molecule has 0 saturated carbocycles. The number of nitrogens with zero attached hydrogens (tertiary/aromatic N) is 1. The van der Waals surface area contributed by atoms with Gasteiger partial charge in [0.05, 0.1) is 7.11 Å². The second kappa shape index (κ2) is 6.78. The molecule has 1 N–H and O–H groups in total. The van der Waals surface area contributed by atoms with Crippen molar-refractivity contribution in [3.63, 3.8) is 0 Å². The summed E-state index contributed by atoms with van der Waals surface area (Å²) < 4.78 is 10.1. The number of carbonyl (C=O) groups excluding carboxylic acids is 2. The minimum Gasteiger partial charge on any atom is -0.507 e. The van der Waals surface area contributed by atoms with Gasteiger partial charge in [-0.15, -0.1) is 0 Å². The molecule has 1 amide bonds.